The molecule has 1 amide bonds. The number of nitrogen functional groups attached to an aromatic ring is 1. The van der Waals surface area contributed by atoms with E-state index in [0.29, 0.717) is 38.8 Å². The van der Waals surface area contributed by atoms with Gasteiger partial charge in [-0.3, -0.25) is 4.79 Å². The van der Waals surface area contributed by atoms with Crippen LogP contribution in [0.4, 0.5) is 17.7 Å². The first-order valence-electron chi connectivity index (χ1n) is 12.6. The molecule has 202 valence electrons. The zero-order chi connectivity index (χ0) is 25.7. The molecule has 3 N–H and O–H groups in total. The van der Waals surface area contributed by atoms with E-state index in [-0.39, 0.29) is 42.5 Å². The van der Waals surface area contributed by atoms with Gasteiger partial charge in [0.05, 0.1) is 42.5 Å². The molecule has 0 radical (unpaired) electrons. The fraction of sp³-hybridized carbons (Fsp3) is 0.640. The molecule has 12 heteroatoms. The standard InChI is InChI=1S/C25H36N8O3.ClH/c1-16-13-36-10-9-32(16)23-29-19(17-11-27-22(26)28-12-17)18-5-7-33(20(18)30-23)25(4)6-8-31(14-25)21(35)24(2,3)15-34;/h11-12,16,34H,5-10,13-15H2,1-4H3,(H2,26,27,28);1H/t16-,25-;/m0./s1. The van der Waals surface area contributed by atoms with E-state index in [1.807, 2.05) is 4.90 Å². The van der Waals surface area contributed by atoms with Crippen LogP contribution in [-0.2, 0) is 16.0 Å². The molecule has 0 aromatic carbocycles. The molecule has 3 aliphatic rings. The van der Waals surface area contributed by atoms with Crippen molar-refractivity contribution in [1.29, 1.82) is 0 Å². The Morgan fingerprint density at radius 2 is 1.97 bits per heavy atom. The fourth-order valence-electron chi connectivity index (χ4n) is 5.46. The summed E-state index contributed by atoms with van der Waals surface area (Å²) in [5, 5.41) is 9.72. The normalized spacial score (nSPS) is 23.7. The average molecular weight is 533 g/mol. The summed E-state index contributed by atoms with van der Waals surface area (Å²) in [6, 6.07) is 0.151. The maximum absolute atomic E-state index is 13.1. The molecular formula is C25H37ClN8O3. The molecule has 5 rings (SSSR count). The van der Waals surface area contributed by atoms with Gasteiger partial charge in [0, 0.05) is 49.7 Å². The van der Waals surface area contributed by atoms with Crippen molar-refractivity contribution in [2.75, 3.05) is 61.5 Å². The number of ether oxygens (including phenoxy) is 1. The molecule has 2 aromatic heterocycles. The zero-order valence-electron chi connectivity index (χ0n) is 22.0. The van der Waals surface area contributed by atoms with Crippen molar-refractivity contribution in [1.82, 2.24) is 24.8 Å². The van der Waals surface area contributed by atoms with Crippen LogP contribution in [0.3, 0.4) is 0 Å². The number of amides is 1. The predicted molar refractivity (Wildman–Crippen MR) is 144 cm³/mol. The lowest BCUT2D eigenvalue weighted by Gasteiger charge is -2.38. The molecule has 0 saturated carbocycles. The van der Waals surface area contributed by atoms with Crippen molar-refractivity contribution in [3.05, 3.63) is 18.0 Å². The number of fused-ring (bicyclic) bond motifs is 1. The Kier molecular flexibility index (Phi) is 7.51. The van der Waals surface area contributed by atoms with Crippen LogP contribution in [0.15, 0.2) is 12.4 Å². The zero-order valence-corrected chi connectivity index (χ0v) is 22.8. The number of likely N-dealkylation sites (tertiary alicyclic amines) is 1. The van der Waals surface area contributed by atoms with Crippen LogP contribution < -0.4 is 15.5 Å². The number of hydrogen-bond donors (Lipinski definition) is 2. The molecule has 2 atom stereocenters. The number of aliphatic hydroxyl groups is 1. The predicted octanol–water partition coefficient (Wildman–Crippen LogP) is 1.53. The Bertz CT molecular complexity index is 1150. The van der Waals surface area contributed by atoms with E-state index in [9.17, 15) is 9.90 Å². The second-order valence-electron chi connectivity index (χ2n) is 11.0. The van der Waals surface area contributed by atoms with E-state index < -0.39 is 5.41 Å². The summed E-state index contributed by atoms with van der Waals surface area (Å²) in [6.45, 7) is 11.7. The monoisotopic (exact) mass is 532 g/mol. The number of carbonyl (C=O) groups excluding carboxylic acids is 1. The second-order valence-corrected chi connectivity index (χ2v) is 11.0. The molecule has 0 unspecified atom stereocenters. The Hall–Kier alpha value is -2.76. The van der Waals surface area contributed by atoms with Crippen molar-refractivity contribution in [3.63, 3.8) is 0 Å². The topological polar surface area (TPSA) is 134 Å². The molecular weight excluding hydrogens is 496 g/mol. The fourth-order valence-corrected chi connectivity index (χ4v) is 5.46. The van der Waals surface area contributed by atoms with Gasteiger partial charge in [0.15, 0.2) is 0 Å². The molecule has 0 aliphatic carbocycles. The van der Waals surface area contributed by atoms with Crippen molar-refractivity contribution in [2.24, 2.45) is 5.41 Å². The lowest BCUT2D eigenvalue weighted by molar-refractivity contribution is -0.141. The van der Waals surface area contributed by atoms with Gasteiger partial charge in [0.2, 0.25) is 17.8 Å². The van der Waals surface area contributed by atoms with Crippen LogP contribution in [0.5, 0.6) is 0 Å². The van der Waals surface area contributed by atoms with Crippen LogP contribution in [0, 0.1) is 5.41 Å². The van der Waals surface area contributed by atoms with E-state index >= 15 is 0 Å². The summed E-state index contributed by atoms with van der Waals surface area (Å²) in [4.78, 5) is 38.0. The van der Waals surface area contributed by atoms with Gasteiger partial charge in [0.25, 0.3) is 0 Å². The number of morpholine rings is 1. The molecule has 0 spiro atoms. The number of anilines is 3. The molecule has 0 bridgehead atoms. The quantitative estimate of drug-likeness (QED) is 0.583. The Morgan fingerprint density at radius 1 is 1.24 bits per heavy atom. The highest BCUT2D eigenvalue weighted by Gasteiger charge is 2.46. The van der Waals surface area contributed by atoms with E-state index in [0.717, 1.165) is 42.0 Å². The number of nitrogens with zero attached hydrogens (tertiary/aromatic N) is 7. The highest BCUT2D eigenvalue weighted by atomic mass is 35.5. The average Bonchev–Trinajstić information content (AvgIpc) is 3.48. The first kappa shape index (κ1) is 27.3. The lowest BCUT2D eigenvalue weighted by Crippen LogP contribution is -2.50. The van der Waals surface area contributed by atoms with Crippen molar-refractivity contribution >= 4 is 36.0 Å². The number of hydrogen-bond acceptors (Lipinski definition) is 10. The number of aliphatic hydroxyl groups excluding tert-OH is 1. The number of carbonyl (C=O) groups is 1. The summed E-state index contributed by atoms with van der Waals surface area (Å²) >= 11 is 0. The van der Waals surface area contributed by atoms with Crippen LogP contribution in [-0.4, -0.2) is 93.4 Å². The van der Waals surface area contributed by atoms with E-state index in [4.69, 9.17) is 20.4 Å². The molecule has 2 aromatic rings. The molecule has 37 heavy (non-hydrogen) atoms. The molecule has 5 heterocycles. The van der Waals surface area contributed by atoms with Gasteiger partial charge in [0.1, 0.15) is 5.82 Å². The minimum absolute atomic E-state index is 0. The summed E-state index contributed by atoms with van der Waals surface area (Å²) in [5.41, 5.74) is 7.38. The summed E-state index contributed by atoms with van der Waals surface area (Å²) < 4.78 is 5.65. The Morgan fingerprint density at radius 3 is 2.65 bits per heavy atom. The van der Waals surface area contributed by atoms with Gasteiger partial charge in [-0.1, -0.05) is 0 Å². The largest absolute Gasteiger partial charge is 0.395 e. The number of aromatic nitrogens is 4. The van der Waals surface area contributed by atoms with E-state index in [1.54, 1.807) is 26.2 Å². The second kappa shape index (κ2) is 10.2. The smallest absolute Gasteiger partial charge is 0.230 e. The van der Waals surface area contributed by atoms with Crippen molar-refractivity contribution < 1.29 is 14.6 Å². The highest BCUT2D eigenvalue weighted by Crippen LogP contribution is 2.42. The van der Waals surface area contributed by atoms with Gasteiger partial charge in [-0.05, 0) is 40.5 Å². The molecule has 2 fully saturated rings. The number of nitrogens with two attached hydrogens (primary N) is 1. The lowest BCUT2D eigenvalue weighted by atomic mass is 9.93. The first-order valence-corrected chi connectivity index (χ1v) is 12.6. The van der Waals surface area contributed by atoms with Crippen molar-refractivity contribution in [3.8, 4) is 11.3 Å². The van der Waals surface area contributed by atoms with Crippen LogP contribution >= 0.6 is 12.4 Å². The Balaban J connectivity index is 0.00000320. The summed E-state index contributed by atoms with van der Waals surface area (Å²) in [6.07, 6.45) is 5.05. The number of rotatable bonds is 5. The van der Waals surface area contributed by atoms with E-state index in [1.165, 1.54) is 0 Å². The number of halogens is 1. The first-order chi connectivity index (χ1) is 17.1. The third-order valence-electron chi connectivity index (χ3n) is 7.75. The maximum atomic E-state index is 13.1. The van der Waals surface area contributed by atoms with E-state index in [2.05, 4.69) is 33.6 Å². The molecule has 3 aliphatic heterocycles. The van der Waals surface area contributed by atoms with Gasteiger partial charge in [-0.2, -0.15) is 4.98 Å². The highest BCUT2D eigenvalue weighted by molar-refractivity contribution is 5.85. The Labute approximate surface area is 223 Å². The third-order valence-corrected chi connectivity index (χ3v) is 7.75. The minimum atomic E-state index is -0.793. The third kappa shape index (κ3) is 4.92. The van der Waals surface area contributed by atoms with Crippen LogP contribution in [0.2, 0.25) is 0 Å². The van der Waals surface area contributed by atoms with Gasteiger partial charge >= 0.3 is 0 Å². The van der Waals surface area contributed by atoms with Crippen LogP contribution in [0.25, 0.3) is 11.3 Å². The molecule has 2 saturated heterocycles. The van der Waals surface area contributed by atoms with Gasteiger partial charge in [-0.25, -0.2) is 15.0 Å². The molecule has 11 nitrogen and oxygen atoms in total. The maximum Gasteiger partial charge on any atom is 0.230 e. The minimum Gasteiger partial charge on any atom is -0.395 e. The SMILES string of the molecule is C[C@H]1COCCN1c1nc(-c2cnc(N)nc2)c2c(n1)N([C@@]1(C)CCN(C(=O)C(C)(C)CO)C1)CC2.Cl. The summed E-state index contributed by atoms with van der Waals surface area (Å²) in [7, 11) is 0. The van der Waals surface area contributed by atoms with Gasteiger partial charge in [-0.15, -0.1) is 12.4 Å². The van der Waals surface area contributed by atoms with Crippen molar-refractivity contribution in [2.45, 2.75) is 52.1 Å². The van der Waals surface area contributed by atoms with Gasteiger partial charge < -0.3 is 30.3 Å². The summed E-state index contributed by atoms with van der Waals surface area (Å²) in [5.74, 6) is 1.78. The van der Waals surface area contributed by atoms with Crippen LogP contribution in [0.1, 0.15) is 39.7 Å².